The smallest absolute Gasteiger partial charge is 0.269 e. The lowest BCUT2D eigenvalue weighted by molar-refractivity contribution is -0.385. The number of nitro groups is 1. The van der Waals surface area contributed by atoms with Crippen LogP contribution in [-0.4, -0.2) is 25.7 Å². The van der Waals surface area contributed by atoms with Crippen LogP contribution in [0.4, 0.5) is 5.69 Å². The molecule has 0 aliphatic carbocycles. The van der Waals surface area contributed by atoms with E-state index in [2.05, 4.69) is 0 Å². The molecule has 1 atom stereocenters. The fourth-order valence-electron chi connectivity index (χ4n) is 2.85. The summed E-state index contributed by atoms with van der Waals surface area (Å²) in [6.45, 7) is 0.551. The van der Waals surface area contributed by atoms with E-state index in [9.17, 15) is 10.1 Å². The highest BCUT2D eigenvalue weighted by molar-refractivity contribution is 5.51. The van der Waals surface area contributed by atoms with E-state index in [0.29, 0.717) is 18.1 Å². The molecule has 0 bridgehead atoms. The van der Waals surface area contributed by atoms with Crippen LogP contribution in [0.5, 0.6) is 11.5 Å². The van der Waals surface area contributed by atoms with E-state index < -0.39 is 4.92 Å². The fourth-order valence-corrected chi connectivity index (χ4v) is 2.85. The van der Waals surface area contributed by atoms with Crippen molar-refractivity contribution in [1.82, 2.24) is 0 Å². The number of hydrogen-bond donors (Lipinski definition) is 0. The lowest BCUT2D eigenvalue weighted by atomic mass is 9.92. The van der Waals surface area contributed by atoms with Crippen molar-refractivity contribution in [1.29, 1.82) is 0 Å². The Hall–Kier alpha value is -2.60. The predicted molar refractivity (Wildman–Crippen MR) is 84.1 cm³/mol. The average molecular weight is 315 g/mol. The summed E-state index contributed by atoms with van der Waals surface area (Å²) < 4.78 is 16.6. The molecule has 0 amide bonds. The van der Waals surface area contributed by atoms with Crippen LogP contribution in [0.2, 0.25) is 0 Å². The normalized spacial score (nSPS) is 16.5. The number of rotatable bonds is 4. The molecule has 1 aliphatic rings. The van der Waals surface area contributed by atoms with E-state index in [1.165, 1.54) is 6.07 Å². The summed E-state index contributed by atoms with van der Waals surface area (Å²) in [5, 5.41) is 11.0. The third kappa shape index (κ3) is 2.85. The van der Waals surface area contributed by atoms with Crippen molar-refractivity contribution in [3.05, 3.63) is 63.2 Å². The lowest BCUT2D eigenvalue weighted by Crippen LogP contribution is -2.18. The number of hydrogen-bond acceptors (Lipinski definition) is 5. The monoisotopic (exact) mass is 315 g/mol. The Morgan fingerprint density at radius 1 is 1.17 bits per heavy atom. The third-order valence-electron chi connectivity index (χ3n) is 3.97. The number of non-ortho nitro benzene ring substituents is 1. The average Bonchev–Trinajstić information content (AvgIpc) is 2.59. The lowest BCUT2D eigenvalue weighted by Gasteiger charge is -2.27. The molecular formula is C17H17NO5. The van der Waals surface area contributed by atoms with Gasteiger partial charge < -0.3 is 14.2 Å². The molecule has 0 saturated heterocycles. The summed E-state index contributed by atoms with van der Waals surface area (Å²) in [6.07, 6.45) is 0.416. The molecule has 0 unspecified atom stereocenters. The summed E-state index contributed by atoms with van der Waals surface area (Å²) in [7, 11) is 3.18. The first kappa shape index (κ1) is 15.3. The molecule has 0 spiro atoms. The quantitative estimate of drug-likeness (QED) is 0.639. The van der Waals surface area contributed by atoms with Crippen LogP contribution in [0.1, 0.15) is 22.8 Å². The molecule has 6 heteroatoms. The molecule has 6 nitrogen and oxygen atoms in total. The van der Waals surface area contributed by atoms with Gasteiger partial charge in [0.1, 0.15) is 6.10 Å². The molecule has 0 radical (unpaired) electrons. The zero-order valence-corrected chi connectivity index (χ0v) is 12.9. The maximum absolute atomic E-state index is 11.0. The van der Waals surface area contributed by atoms with Crippen LogP contribution in [-0.2, 0) is 11.2 Å². The number of ether oxygens (including phenoxy) is 3. The van der Waals surface area contributed by atoms with E-state index >= 15 is 0 Å². The maximum Gasteiger partial charge on any atom is 0.269 e. The Labute approximate surface area is 133 Å². The van der Waals surface area contributed by atoms with E-state index in [1.54, 1.807) is 26.4 Å². The van der Waals surface area contributed by atoms with Crippen molar-refractivity contribution in [2.24, 2.45) is 0 Å². The number of methoxy groups -OCH3 is 2. The Morgan fingerprint density at radius 2 is 1.91 bits per heavy atom. The van der Waals surface area contributed by atoms with Gasteiger partial charge in [0.25, 0.3) is 5.69 Å². The fraction of sp³-hybridized carbons (Fsp3) is 0.294. The van der Waals surface area contributed by atoms with Crippen molar-refractivity contribution in [2.45, 2.75) is 12.5 Å². The number of benzene rings is 2. The molecule has 0 N–H and O–H groups in total. The van der Waals surface area contributed by atoms with Gasteiger partial charge in [-0.1, -0.05) is 12.1 Å². The van der Waals surface area contributed by atoms with Gasteiger partial charge in [-0.25, -0.2) is 0 Å². The highest BCUT2D eigenvalue weighted by atomic mass is 16.6. The summed E-state index contributed by atoms with van der Waals surface area (Å²) in [4.78, 5) is 10.6. The largest absolute Gasteiger partial charge is 0.493 e. The summed E-state index contributed by atoms with van der Waals surface area (Å²) in [5.41, 5.74) is 2.87. The second-order valence-corrected chi connectivity index (χ2v) is 5.26. The third-order valence-corrected chi connectivity index (χ3v) is 3.97. The van der Waals surface area contributed by atoms with Gasteiger partial charge in [-0.05, 0) is 35.2 Å². The highest BCUT2D eigenvalue weighted by Crippen LogP contribution is 2.40. The summed E-state index contributed by atoms with van der Waals surface area (Å²) in [5.74, 6) is 1.29. The standard InChI is InChI=1S/C17H17NO5/c1-21-15-9-11-6-7-23-17(14(11)10-16(15)22-2)12-4-3-5-13(8-12)18(19)20/h3-5,8-10,17H,6-7H2,1-2H3/t17-/m1/s1. The van der Waals surface area contributed by atoms with Gasteiger partial charge in [0.05, 0.1) is 25.7 Å². The number of nitrogens with zero attached hydrogens (tertiary/aromatic N) is 1. The van der Waals surface area contributed by atoms with Crippen LogP contribution in [0.3, 0.4) is 0 Å². The molecule has 120 valence electrons. The first-order valence-corrected chi connectivity index (χ1v) is 7.24. The minimum absolute atomic E-state index is 0.0544. The Kier molecular flexibility index (Phi) is 4.16. The number of fused-ring (bicyclic) bond motifs is 1. The Balaban J connectivity index is 2.07. The second-order valence-electron chi connectivity index (χ2n) is 5.26. The predicted octanol–water partition coefficient (Wildman–Crippen LogP) is 3.27. The minimum Gasteiger partial charge on any atom is -0.493 e. The molecular weight excluding hydrogens is 298 g/mol. The van der Waals surface area contributed by atoms with Crippen molar-refractivity contribution in [3.8, 4) is 11.5 Å². The van der Waals surface area contributed by atoms with Crippen LogP contribution in [0.15, 0.2) is 36.4 Å². The number of nitro benzene ring substituents is 1. The highest BCUT2D eigenvalue weighted by Gasteiger charge is 2.26. The molecule has 2 aromatic rings. The SMILES string of the molecule is COc1cc2c(cc1OC)[C@@H](c1cccc([N+](=O)[O-])c1)OCC2. The van der Waals surface area contributed by atoms with Gasteiger partial charge in [-0.3, -0.25) is 10.1 Å². The van der Waals surface area contributed by atoms with E-state index in [4.69, 9.17) is 14.2 Å². The second kappa shape index (κ2) is 6.26. The molecule has 23 heavy (non-hydrogen) atoms. The minimum atomic E-state index is -0.401. The van der Waals surface area contributed by atoms with Crippen LogP contribution in [0, 0.1) is 10.1 Å². The summed E-state index contributed by atoms with van der Waals surface area (Å²) >= 11 is 0. The van der Waals surface area contributed by atoms with Crippen molar-refractivity contribution < 1.29 is 19.1 Å². The zero-order valence-electron chi connectivity index (χ0n) is 12.9. The molecule has 0 saturated carbocycles. The zero-order chi connectivity index (χ0) is 16.4. The van der Waals surface area contributed by atoms with Crippen LogP contribution in [0.25, 0.3) is 0 Å². The van der Waals surface area contributed by atoms with E-state index in [1.807, 2.05) is 18.2 Å². The van der Waals surface area contributed by atoms with Crippen molar-refractivity contribution in [2.75, 3.05) is 20.8 Å². The van der Waals surface area contributed by atoms with Gasteiger partial charge in [-0.2, -0.15) is 0 Å². The van der Waals surface area contributed by atoms with Gasteiger partial charge in [0, 0.05) is 12.1 Å². The van der Waals surface area contributed by atoms with Gasteiger partial charge in [-0.15, -0.1) is 0 Å². The Morgan fingerprint density at radius 3 is 2.61 bits per heavy atom. The molecule has 3 rings (SSSR count). The molecule has 0 fully saturated rings. The summed E-state index contributed by atoms with van der Waals surface area (Å²) in [6, 6.07) is 10.4. The van der Waals surface area contributed by atoms with Crippen LogP contribution >= 0.6 is 0 Å². The van der Waals surface area contributed by atoms with Crippen molar-refractivity contribution >= 4 is 5.69 Å². The first-order valence-electron chi connectivity index (χ1n) is 7.24. The maximum atomic E-state index is 11.0. The molecule has 0 aromatic heterocycles. The van der Waals surface area contributed by atoms with E-state index in [0.717, 1.165) is 23.1 Å². The van der Waals surface area contributed by atoms with E-state index in [-0.39, 0.29) is 11.8 Å². The van der Waals surface area contributed by atoms with Crippen LogP contribution < -0.4 is 9.47 Å². The molecule has 1 heterocycles. The molecule has 1 aliphatic heterocycles. The van der Waals surface area contributed by atoms with Crippen molar-refractivity contribution in [3.63, 3.8) is 0 Å². The van der Waals surface area contributed by atoms with Gasteiger partial charge in [0.15, 0.2) is 11.5 Å². The Bertz CT molecular complexity index is 744. The first-order chi connectivity index (χ1) is 11.1. The molecule has 2 aromatic carbocycles. The van der Waals surface area contributed by atoms with Gasteiger partial charge >= 0.3 is 0 Å². The van der Waals surface area contributed by atoms with Gasteiger partial charge in [0.2, 0.25) is 0 Å². The topological polar surface area (TPSA) is 70.8 Å².